The molecule has 0 saturated heterocycles. The summed E-state index contributed by atoms with van der Waals surface area (Å²) in [5.41, 5.74) is 5.17. The van der Waals surface area contributed by atoms with Crippen LogP contribution in [0.15, 0.2) is 24.3 Å². The molecule has 0 aromatic heterocycles. The summed E-state index contributed by atoms with van der Waals surface area (Å²) in [6.07, 6.45) is 0. The van der Waals surface area contributed by atoms with Crippen molar-refractivity contribution in [2.24, 2.45) is 0 Å². The zero-order chi connectivity index (χ0) is 26.7. The van der Waals surface area contributed by atoms with Crippen LogP contribution >= 0.6 is 7.60 Å². The van der Waals surface area contributed by atoms with Crippen LogP contribution < -0.4 is 9.83 Å². The van der Waals surface area contributed by atoms with E-state index in [9.17, 15) is 9.46 Å². The Labute approximate surface area is 208 Å². The van der Waals surface area contributed by atoms with E-state index in [1.165, 1.54) is 5.56 Å². The van der Waals surface area contributed by atoms with Crippen LogP contribution in [0.4, 0.5) is 0 Å². The second kappa shape index (κ2) is 8.82. The summed E-state index contributed by atoms with van der Waals surface area (Å²) in [4.78, 5) is 11.5. The van der Waals surface area contributed by atoms with Gasteiger partial charge >= 0.3 is 7.60 Å². The SMILES string of the molecule is Cc1cc(C(C)(C)C)cc(C(C)(C)C)c1OP(=O)(O)c1c(C)cc(C(C)(C)C)cc1C(C)(C)C. The molecule has 0 aliphatic rings. The van der Waals surface area contributed by atoms with Crippen molar-refractivity contribution in [3.63, 3.8) is 0 Å². The van der Waals surface area contributed by atoms with Gasteiger partial charge in [0.1, 0.15) is 5.75 Å². The Kier molecular flexibility index (Phi) is 7.44. The average molecular weight is 487 g/mol. The molecule has 0 heterocycles. The molecule has 1 atom stereocenters. The predicted octanol–water partition coefficient (Wildman–Crippen LogP) is 8.38. The normalized spacial score (nSPS) is 15.3. The zero-order valence-electron chi connectivity index (χ0n) is 24.0. The van der Waals surface area contributed by atoms with Gasteiger partial charge in [-0.2, -0.15) is 0 Å². The van der Waals surface area contributed by atoms with Crippen LogP contribution in [0.25, 0.3) is 0 Å². The first kappa shape index (κ1) is 28.7. The Morgan fingerprint density at radius 3 is 1.38 bits per heavy atom. The number of rotatable bonds is 3. The van der Waals surface area contributed by atoms with Crippen molar-refractivity contribution in [2.45, 2.75) is 119 Å². The van der Waals surface area contributed by atoms with E-state index >= 15 is 0 Å². The molecule has 2 rings (SSSR count). The fraction of sp³-hybridized carbons (Fsp3) is 0.600. The first-order valence-corrected chi connectivity index (χ1v) is 13.9. The molecule has 2 aromatic rings. The minimum atomic E-state index is -4.19. The first-order chi connectivity index (χ1) is 15.0. The highest BCUT2D eigenvalue weighted by Gasteiger charge is 2.37. The van der Waals surface area contributed by atoms with Crippen LogP contribution in [0.5, 0.6) is 5.75 Å². The number of benzene rings is 2. The van der Waals surface area contributed by atoms with Gasteiger partial charge in [0.25, 0.3) is 0 Å². The monoisotopic (exact) mass is 486 g/mol. The molecule has 0 aliphatic heterocycles. The van der Waals surface area contributed by atoms with Crippen LogP contribution in [0.3, 0.4) is 0 Å². The Morgan fingerprint density at radius 1 is 0.618 bits per heavy atom. The summed E-state index contributed by atoms with van der Waals surface area (Å²) in [6, 6.07) is 8.36. The summed E-state index contributed by atoms with van der Waals surface area (Å²) in [7, 11) is -4.19. The van der Waals surface area contributed by atoms with Crippen LogP contribution in [-0.2, 0) is 26.2 Å². The molecule has 34 heavy (non-hydrogen) atoms. The van der Waals surface area contributed by atoms with Gasteiger partial charge in [-0.15, -0.1) is 0 Å². The van der Waals surface area contributed by atoms with E-state index in [2.05, 4.69) is 101 Å². The van der Waals surface area contributed by atoms with E-state index in [-0.39, 0.29) is 21.7 Å². The van der Waals surface area contributed by atoms with E-state index < -0.39 is 7.60 Å². The highest BCUT2D eigenvalue weighted by atomic mass is 31.2. The second-order valence-electron chi connectivity index (χ2n) is 14.0. The molecule has 190 valence electrons. The molecule has 1 N–H and O–H groups in total. The van der Waals surface area contributed by atoms with Gasteiger partial charge in [-0.3, -0.25) is 0 Å². The Balaban J connectivity index is 2.81. The summed E-state index contributed by atoms with van der Waals surface area (Å²) in [5, 5.41) is 0.423. The molecular weight excluding hydrogens is 439 g/mol. The van der Waals surface area contributed by atoms with E-state index in [4.69, 9.17) is 4.52 Å². The lowest BCUT2D eigenvalue weighted by atomic mass is 9.79. The molecular formula is C30H47O3P. The van der Waals surface area contributed by atoms with Gasteiger partial charge < -0.3 is 9.42 Å². The van der Waals surface area contributed by atoms with Crippen LogP contribution in [-0.4, -0.2) is 4.89 Å². The minimum absolute atomic E-state index is 0.0367. The Morgan fingerprint density at radius 2 is 1.00 bits per heavy atom. The second-order valence-corrected chi connectivity index (χ2v) is 15.6. The largest absolute Gasteiger partial charge is 0.421 e. The van der Waals surface area contributed by atoms with Crippen molar-refractivity contribution in [2.75, 3.05) is 0 Å². The lowest BCUT2D eigenvalue weighted by Crippen LogP contribution is -2.29. The van der Waals surface area contributed by atoms with Gasteiger partial charge in [0.05, 0.1) is 5.30 Å². The van der Waals surface area contributed by atoms with Crippen molar-refractivity contribution in [1.29, 1.82) is 0 Å². The minimum Gasteiger partial charge on any atom is -0.421 e. The van der Waals surface area contributed by atoms with Gasteiger partial charge in [0.2, 0.25) is 0 Å². The molecule has 0 fully saturated rings. The maximum Gasteiger partial charge on any atom is 0.408 e. The van der Waals surface area contributed by atoms with Gasteiger partial charge in [-0.05, 0) is 63.3 Å². The molecule has 0 radical (unpaired) electrons. The topological polar surface area (TPSA) is 46.5 Å². The maximum atomic E-state index is 14.1. The van der Waals surface area contributed by atoms with Crippen LogP contribution in [0.1, 0.15) is 116 Å². The number of hydrogen-bond donors (Lipinski definition) is 1. The summed E-state index contributed by atoms with van der Waals surface area (Å²) >= 11 is 0. The Hall–Kier alpha value is -1.57. The molecule has 4 heteroatoms. The third-order valence-electron chi connectivity index (χ3n) is 6.42. The first-order valence-electron chi connectivity index (χ1n) is 12.3. The van der Waals surface area contributed by atoms with Crippen LogP contribution in [0.2, 0.25) is 0 Å². The van der Waals surface area contributed by atoms with Gasteiger partial charge in [0.15, 0.2) is 0 Å². The van der Waals surface area contributed by atoms with Gasteiger partial charge in [0, 0.05) is 5.56 Å². The van der Waals surface area contributed by atoms with E-state index in [0.717, 1.165) is 27.8 Å². The molecule has 2 aromatic carbocycles. The molecule has 3 nitrogen and oxygen atoms in total. The molecule has 0 spiro atoms. The highest BCUT2D eigenvalue weighted by molar-refractivity contribution is 7.61. The van der Waals surface area contributed by atoms with E-state index in [1.54, 1.807) is 0 Å². The van der Waals surface area contributed by atoms with Crippen molar-refractivity contribution < 1.29 is 14.0 Å². The van der Waals surface area contributed by atoms with E-state index in [0.29, 0.717) is 11.1 Å². The van der Waals surface area contributed by atoms with Gasteiger partial charge in [-0.25, -0.2) is 4.57 Å². The fourth-order valence-electron chi connectivity index (χ4n) is 4.21. The van der Waals surface area contributed by atoms with Crippen molar-refractivity contribution in [1.82, 2.24) is 0 Å². The molecule has 0 aliphatic carbocycles. The van der Waals surface area contributed by atoms with Crippen LogP contribution in [0, 0.1) is 13.8 Å². The van der Waals surface area contributed by atoms with Crippen molar-refractivity contribution in [3.8, 4) is 5.75 Å². The lowest BCUT2D eigenvalue weighted by molar-refractivity contribution is 0.384. The maximum absolute atomic E-state index is 14.1. The van der Waals surface area contributed by atoms with Crippen molar-refractivity contribution in [3.05, 3.63) is 57.6 Å². The van der Waals surface area contributed by atoms with Crippen molar-refractivity contribution >= 4 is 12.9 Å². The zero-order valence-corrected chi connectivity index (χ0v) is 24.9. The quantitative estimate of drug-likeness (QED) is 0.443. The average Bonchev–Trinajstić information content (AvgIpc) is 2.58. The Bertz CT molecular complexity index is 1110. The molecule has 0 bridgehead atoms. The summed E-state index contributed by atoms with van der Waals surface area (Å²) in [5.74, 6) is 0.519. The van der Waals surface area contributed by atoms with Gasteiger partial charge in [-0.1, -0.05) is 107 Å². The molecule has 1 unspecified atom stereocenters. The lowest BCUT2D eigenvalue weighted by Gasteiger charge is -2.32. The third kappa shape index (κ3) is 6.16. The number of aryl methyl sites for hydroxylation is 2. The fourth-order valence-corrected chi connectivity index (χ4v) is 6.01. The highest BCUT2D eigenvalue weighted by Crippen LogP contribution is 2.50. The smallest absolute Gasteiger partial charge is 0.408 e. The molecule has 0 saturated carbocycles. The summed E-state index contributed by atoms with van der Waals surface area (Å²) < 4.78 is 20.3. The standard InChI is InChI=1S/C30H47O3P/c1-19-15-21(27(3,4)5)17-23(29(9,10)11)25(19)33-34(31,32)26-20(2)16-22(28(6,7)8)18-24(26)30(12,13)14/h15-18H,1-14H3,(H,31,32). The summed E-state index contributed by atoms with van der Waals surface area (Å²) in [6.45, 7) is 29.5. The van der Waals surface area contributed by atoms with E-state index in [1.807, 2.05) is 19.9 Å². The predicted molar refractivity (Wildman–Crippen MR) is 147 cm³/mol. The third-order valence-corrected chi connectivity index (χ3v) is 8.01. The number of hydrogen-bond acceptors (Lipinski definition) is 2. The molecule has 0 amide bonds.